The van der Waals surface area contributed by atoms with Crippen molar-refractivity contribution >= 4 is 11.9 Å². The Morgan fingerprint density at radius 1 is 1.29 bits per heavy atom. The average molecular weight is 244 g/mol. The van der Waals surface area contributed by atoms with Crippen LogP contribution in [0.3, 0.4) is 0 Å². The first-order chi connectivity index (χ1) is 8.00. The molecule has 6 atom stereocenters. The second kappa shape index (κ2) is 3.39. The largest absolute Gasteiger partial charge is 0.390 e. The summed E-state index contributed by atoms with van der Waals surface area (Å²) in [6, 6.07) is -1.78. The first-order valence-corrected chi connectivity index (χ1v) is 5.33. The van der Waals surface area contributed by atoms with Crippen molar-refractivity contribution in [2.24, 2.45) is 0 Å². The number of hydrogen-bond donors (Lipinski definition) is 4. The van der Waals surface area contributed by atoms with Crippen LogP contribution in [0, 0.1) is 0 Å². The number of carbonyl (C=O) groups is 2. The minimum absolute atomic E-state index is 0.159. The molecule has 17 heavy (non-hydrogen) atoms. The third-order valence-electron chi connectivity index (χ3n) is 3.51. The summed E-state index contributed by atoms with van der Waals surface area (Å²) in [5.74, 6) is -0.842. The third-order valence-corrected chi connectivity index (χ3v) is 3.51. The van der Waals surface area contributed by atoms with Gasteiger partial charge in [0, 0.05) is 6.42 Å². The molecule has 3 amide bonds. The van der Waals surface area contributed by atoms with Crippen molar-refractivity contribution in [2.45, 2.75) is 43.1 Å². The van der Waals surface area contributed by atoms with Crippen LogP contribution < -0.4 is 5.32 Å². The van der Waals surface area contributed by atoms with Crippen molar-refractivity contribution in [3.8, 4) is 0 Å². The van der Waals surface area contributed by atoms with Gasteiger partial charge in [-0.05, 0) is 0 Å². The lowest BCUT2D eigenvalue weighted by molar-refractivity contribution is -0.197. The SMILES string of the molecule is O=C1NC(=O)N2[C@@H]([C@H](O)[C@H]3O[C@@H]2C[C@@H]3O)[C@@H]1O. The molecule has 3 heterocycles. The molecule has 0 unspecified atom stereocenters. The Bertz CT molecular complexity index is 388. The van der Waals surface area contributed by atoms with Crippen LogP contribution in [-0.4, -0.2) is 68.8 Å². The number of aliphatic hydroxyl groups is 3. The van der Waals surface area contributed by atoms with E-state index >= 15 is 0 Å². The summed E-state index contributed by atoms with van der Waals surface area (Å²) in [4.78, 5) is 24.0. The van der Waals surface area contributed by atoms with Gasteiger partial charge in [0.2, 0.25) is 0 Å². The molecule has 3 fully saturated rings. The number of amides is 3. The fraction of sp³-hybridized carbons (Fsp3) is 0.778. The minimum Gasteiger partial charge on any atom is -0.390 e. The zero-order valence-electron chi connectivity index (χ0n) is 8.68. The Kier molecular flexibility index (Phi) is 2.17. The van der Waals surface area contributed by atoms with Crippen LogP contribution in [0.25, 0.3) is 0 Å². The van der Waals surface area contributed by atoms with Crippen molar-refractivity contribution in [3.63, 3.8) is 0 Å². The third kappa shape index (κ3) is 1.32. The molecule has 8 nitrogen and oxygen atoms in total. The second-order valence-corrected chi connectivity index (χ2v) is 4.49. The molecular formula is C9H12N2O6. The quantitative estimate of drug-likeness (QED) is 0.363. The van der Waals surface area contributed by atoms with E-state index in [9.17, 15) is 24.9 Å². The van der Waals surface area contributed by atoms with Crippen LogP contribution in [0.2, 0.25) is 0 Å². The highest BCUT2D eigenvalue weighted by atomic mass is 16.6. The van der Waals surface area contributed by atoms with Gasteiger partial charge in [0.05, 0.1) is 12.1 Å². The molecule has 0 saturated carbocycles. The number of nitrogens with one attached hydrogen (secondary N) is 1. The molecule has 8 heteroatoms. The van der Waals surface area contributed by atoms with Crippen molar-refractivity contribution in [3.05, 3.63) is 0 Å². The molecule has 2 bridgehead atoms. The van der Waals surface area contributed by atoms with Gasteiger partial charge in [-0.15, -0.1) is 0 Å². The normalized spacial score (nSPS) is 49.0. The second-order valence-electron chi connectivity index (χ2n) is 4.49. The number of aliphatic hydroxyl groups excluding tert-OH is 3. The van der Waals surface area contributed by atoms with Gasteiger partial charge in [-0.2, -0.15) is 0 Å². The van der Waals surface area contributed by atoms with Gasteiger partial charge in [0.25, 0.3) is 5.91 Å². The molecule has 0 aliphatic carbocycles. The van der Waals surface area contributed by atoms with E-state index in [1.807, 2.05) is 5.32 Å². The van der Waals surface area contributed by atoms with E-state index < -0.39 is 48.6 Å². The smallest absolute Gasteiger partial charge is 0.326 e. The molecule has 3 saturated heterocycles. The maximum Gasteiger partial charge on any atom is 0.326 e. The topological polar surface area (TPSA) is 119 Å². The average Bonchev–Trinajstić information content (AvgIpc) is 2.59. The summed E-state index contributed by atoms with van der Waals surface area (Å²) in [6.07, 6.45) is -5.13. The Morgan fingerprint density at radius 3 is 2.71 bits per heavy atom. The van der Waals surface area contributed by atoms with E-state index in [0.29, 0.717) is 0 Å². The summed E-state index contributed by atoms with van der Waals surface area (Å²) in [5, 5.41) is 31.3. The van der Waals surface area contributed by atoms with Gasteiger partial charge in [-0.1, -0.05) is 0 Å². The molecule has 94 valence electrons. The van der Waals surface area contributed by atoms with Gasteiger partial charge in [-0.3, -0.25) is 15.0 Å². The molecule has 3 aliphatic heterocycles. The van der Waals surface area contributed by atoms with Gasteiger partial charge in [-0.25, -0.2) is 4.79 Å². The molecule has 0 aromatic heterocycles. The van der Waals surface area contributed by atoms with Crippen molar-refractivity contribution in [2.75, 3.05) is 0 Å². The van der Waals surface area contributed by atoms with Crippen LogP contribution in [0.5, 0.6) is 0 Å². The monoisotopic (exact) mass is 244 g/mol. The van der Waals surface area contributed by atoms with Gasteiger partial charge in [0.1, 0.15) is 18.4 Å². The van der Waals surface area contributed by atoms with E-state index in [2.05, 4.69) is 0 Å². The molecule has 0 radical (unpaired) electrons. The molecule has 0 aromatic rings. The minimum atomic E-state index is -1.51. The fourth-order valence-corrected chi connectivity index (χ4v) is 2.71. The fourth-order valence-electron chi connectivity index (χ4n) is 2.71. The number of carbonyl (C=O) groups excluding carboxylic acids is 2. The van der Waals surface area contributed by atoms with E-state index in [1.165, 1.54) is 0 Å². The number of fused-ring (bicyclic) bond motifs is 4. The van der Waals surface area contributed by atoms with E-state index in [-0.39, 0.29) is 6.42 Å². The number of imide groups is 1. The first-order valence-electron chi connectivity index (χ1n) is 5.33. The number of nitrogens with zero attached hydrogens (tertiary/aromatic N) is 1. The van der Waals surface area contributed by atoms with E-state index in [4.69, 9.17) is 4.74 Å². The summed E-state index contributed by atoms with van der Waals surface area (Å²) in [7, 11) is 0. The lowest BCUT2D eigenvalue weighted by Gasteiger charge is -2.46. The Hall–Kier alpha value is -1.22. The molecule has 0 spiro atoms. The van der Waals surface area contributed by atoms with Crippen LogP contribution in [0.15, 0.2) is 0 Å². The number of urea groups is 1. The van der Waals surface area contributed by atoms with Gasteiger partial charge < -0.3 is 20.1 Å². The Morgan fingerprint density at radius 2 is 2.00 bits per heavy atom. The Labute approximate surface area is 95.8 Å². The molecule has 3 aliphatic rings. The lowest BCUT2D eigenvalue weighted by atomic mass is 9.95. The summed E-state index contributed by atoms with van der Waals surface area (Å²) in [6.45, 7) is 0. The predicted octanol–water partition coefficient (Wildman–Crippen LogP) is -2.88. The van der Waals surface area contributed by atoms with E-state index in [1.54, 1.807) is 0 Å². The number of ether oxygens (including phenoxy) is 1. The van der Waals surface area contributed by atoms with Crippen LogP contribution in [0.4, 0.5) is 4.79 Å². The highest BCUT2D eigenvalue weighted by Gasteiger charge is 2.58. The first kappa shape index (κ1) is 10.9. The lowest BCUT2D eigenvalue weighted by Crippen LogP contribution is -2.72. The summed E-state index contributed by atoms with van der Waals surface area (Å²) >= 11 is 0. The summed E-state index contributed by atoms with van der Waals surface area (Å²) < 4.78 is 5.29. The predicted molar refractivity (Wildman–Crippen MR) is 50.5 cm³/mol. The Balaban J connectivity index is 1.99. The highest BCUT2D eigenvalue weighted by Crippen LogP contribution is 2.36. The zero-order chi connectivity index (χ0) is 12.3. The van der Waals surface area contributed by atoms with Crippen molar-refractivity contribution in [1.82, 2.24) is 10.2 Å². The van der Waals surface area contributed by atoms with Gasteiger partial charge >= 0.3 is 6.03 Å². The van der Waals surface area contributed by atoms with Gasteiger partial charge in [0.15, 0.2) is 6.10 Å². The molecule has 0 aromatic carbocycles. The maximum absolute atomic E-state index is 11.6. The highest BCUT2D eigenvalue weighted by molar-refractivity contribution is 6.00. The van der Waals surface area contributed by atoms with Crippen molar-refractivity contribution < 1.29 is 29.6 Å². The number of rotatable bonds is 0. The van der Waals surface area contributed by atoms with Crippen LogP contribution in [-0.2, 0) is 9.53 Å². The van der Waals surface area contributed by atoms with Crippen LogP contribution in [0.1, 0.15) is 6.42 Å². The standard InChI is InChI=1S/C9H12N2O6/c12-2-1-3-11-4(5(13)7(2)17-3)6(14)8(15)10-9(11)16/h2-7,12-14H,1H2,(H,10,15,16)/t2-,3+,4-,5-,6-,7-/m0/s1. The van der Waals surface area contributed by atoms with Crippen LogP contribution >= 0.6 is 0 Å². The van der Waals surface area contributed by atoms with Crippen molar-refractivity contribution in [1.29, 1.82) is 0 Å². The molecule has 3 rings (SSSR count). The summed E-state index contributed by atoms with van der Waals surface area (Å²) in [5.41, 5.74) is 0. The maximum atomic E-state index is 11.6. The van der Waals surface area contributed by atoms with E-state index in [0.717, 1.165) is 4.90 Å². The number of hydrogen-bond acceptors (Lipinski definition) is 6. The molecule has 4 N–H and O–H groups in total. The zero-order valence-corrected chi connectivity index (χ0v) is 8.68. The molecular weight excluding hydrogens is 232 g/mol.